The Hall–Kier alpha value is -2.30. The number of hydrogen-bond donors (Lipinski definition) is 2. The largest absolute Gasteiger partial charge is 0.480 e. The van der Waals surface area contributed by atoms with Gasteiger partial charge in [-0.3, -0.25) is 9.69 Å². The second-order valence-corrected chi connectivity index (χ2v) is 4.06. The summed E-state index contributed by atoms with van der Waals surface area (Å²) in [6, 6.07) is 0.329. The number of amides is 3. The van der Waals surface area contributed by atoms with Gasteiger partial charge in [0.2, 0.25) is 5.91 Å². The van der Waals surface area contributed by atoms with Crippen molar-refractivity contribution >= 4 is 17.9 Å². The molecule has 1 fully saturated rings. The summed E-state index contributed by atoms with van der Waals surface area (Å²) < 4.78 is 0. The first kappa shape index (κ1) is 14.8. The van der Waals surface area contributed by atoms with Gasteiger partial charge in [-0.15, -0.1) is 0 Å². The number of rotatable bonds is 4. The predicted octanol–water partition coefficient (Wildman–Crippen LogP) is -0.773. The molecule has 0 aliphatic carbocycles. The van der Waals surface area contributed by atoms with Crippen molar-refractivity contribution in [2.75, 3.05) is 26.2 Å². The van der Waals surface area contributed by atoms with Crippen LogP contribution in [0.5, 0.6) is 0 Å². The number of hydrogen-bond acceptors (Lipinski definition) is 4. The van der Waals surface area contributed by atoms with Gasteiger partial charge in [0.15, 0.2) is 0 Å². The molecule has 8 nitrogen and oxygen atoms in total. The lowest BCUT2D eigenvalue weighted by molar-refractivity contribution is -0.144. The van der Waals surface area contributed by atoms with Crippen LogP contribution in [0.4, 0.5) is 4.79 Å². The molecule has 1 unspecified atom stereocenters. The zero-order chi connectivity index (χ0) is 14.4. The monoisotopic (exact) mass is 268 g/mol. The molecule has 1 saturated heterocycles. The summed E-state index contributed by atoms with van der Waals surface area (Å²) in [5.74, 6) is -1.55. The summed E-state index contributed by atoms with van der Waals surface area (Å²) in [7, 11) is 0. The Labute approximate surface area is 110 Å². The van der Waals surface area contributed by atoms with E-state index in [0.717, 1.165) is 4.90 Å². The molecule has 0 saturated carbocycles. The SMILES string of the molecule is CCN(CCC#N)C(=O)N1CC(=O)NCC1C(=O)O. The number of carbonyl (C=O) groups excluding carboxylic acids is 2. The summed E-state index contributed by atoms with van der Waals surface area (Å²) >= 11 is 0. The van der Waals surface area contributed by atoms with Gasteiger partial charge in [-0.2, -0.15) is 5.26 Å². The van der Waals surface area contributed by atoms with Gasteiger partial charge in [0.05, 0.1) is 12.5 Å². The Balaban J connectivity index is 2.82. The predicted molar refractivity (Wildman–Crippen MR) is 64.0 cm³/mol. The molecule has 1 rings (SSSR count). The van der Waals surface area contributed by atoms with Crippen LogP contribution in [0.25, 0.3) is 0 Å². The number of nitrogens with one attached hydrogen (secondary N) is 1. The lowest BCUT2D eigenvalue weighted by Crippen LogP contribution is -2.61. The van der Waals surface area contributed by atoms with Crippen molar-refractivity contribution in [3.8, 4) is 6.07 Å². The molecule has 0 radical (unpaired) electrons. The molecule has 0 spiro atoms. The third kappa shape index (κ3) is 3.58. The molecular formula is C11H16N4O4. The fraction of sp³-hybridized carbons (Fsp3) is 0.636. The Morgan fingerprint density at radius 3 is 2.84 bits per heavy atom. The number of piperazine rings is 1. The van der Waals surface area contributed by atoms with E-state index in [1.807, 2.05) is 6.07 Å². The highest BCUT2D eigenvalue weighted by Gasteiger charge is 2.36. The molecule has 1 aliphatic rings. The number of carbonyl (C=O) groups is 3. The van der Waals surface area contributed by atoms with Crippen LogP contribution in [-0.2, 0) is 9.59 Å². The van der Waals surface area contributed by atoms with Gasteiger partial charge in [0.1, 0.15) is 12.6 Å². The van der Waals surface area contributed by atoms with Crippen molar-refractivity contribution in [1.29, 1.82) is 5.26 Å². The van der Waals surface area contributed by atoms with E-state index in [9.17, 15) is 14.4 Å². The minimum absolute atomic E-state index is 0.101. The van der Waals surface area contributed by atoms with E-state index in [1.54, 1.807) is 6.92 Å². The van der Waals surface area contributed by atoms with Gasteiger partial charge in [0, 0.05) is 19.6 Å². The van der Waals surface area contributed by atoms with E-state index >= 15 is 0 Å². The molecule has 1 atom stereocenters. The van der Waals surface area contributed by atoms with Crippen LogP contribution in [-0.4, -0.2) is 65.0 Å². The van der Waals surface area contributed by atoms with Crippen molar-refractivity contribution in [2.45, 2.75) is 19.4 Å². The summed E-state index contributed by atoms with van der Waals surface area (Å²) in [6.07, 6.45) is 0.164. The van der Waals surface area contributed by atoms with Crippen LogP contribution >= 0.6 is 0 Å². The highest BCUT2D eigenvalue weighted by atomic mass is 16.4. The normalized spacial score (nSPS) is 18.4. The van der Waals surface area contributed by atoms with Crippen molar-refractivity contribution in [2.24, 2.45) is 0 Å². The lowest BCUT2D eigenvalue weighted by atomic mass is 10.2. The van der Waals surface area contributed by atoms with Crippen molar-refractivity contribution in [3.63, 3.8) is 0 Å². The molecule has 19 heavy (non-hydrogen) atoms. The molecule has 1 aliphatic heterocycles. The molecule has 2 N–H and O–H groups in total. The second kappa shape index (κ2) is 6.58. The standard InChI is InChI=1S/C11H16N4O4/c1-2-14(5-3-4-12)11(19)15-7-9(16)13-6-8(15)10(17)18/h8H,2-3,5-7H2,1H3,(H,13,16)(H,17,18). The van der Waals surface area contributed by atoms with Crippen molar-refractivity contribution in [3.05, 3.63) is 0 Å². The van der Waals surface area contributed by atoms with Crippen LogP contribution in [0.1, 0.15) is 13.3 Å². The average molecular weight is 268 g/mol. The minimum atomic E-state index is -1.16. The number of aliphatic carboxylic acids is 1. The zero-order valence-electron chi connectivity index (χ0n) is 10.6. The smallest absolute Gasteiger partial charge is 0.328 e. The van der Waals surface area contributed by atoms with Crippen LogP contribution in [0, 0.1) is 11.3 Å². The first-order chi connectivity index (χ1) is 9.01. The maximum Gasteiger partial charge on any atom is 0.328 e. The number of urea groups is 1. The molecule has 8 heteroatoms. The maximum absolute atomic E-state index is 12.2. The minimum Gasteiger partial charge on any atom is -0.480 e. The first-order valence-electron chi connectivity index (χ1n) is 5.93. The van der Waals surface area contributed by atoms with Gasteiger partial charge < -0.3 is 15.3 Å². The number of nitrogens with zero attached hydrogens (tertiary/aromatic N) is 3. The van der Waals surface area contributed by atoms with Gasteiger partial charge >= 0.3 is 12.0 Å². The van der Waals surface area contributed by atoms with E-state index in [0.29, 0.717) is 6.54 Å². The van der Waals surface area contributed by atoms with Gasteiger partial charge in [0.25, 0.3) is 0 Å². The fourth-order valence-corrected chi connectivity index (χ4v) is 1.82. The van der Waals surface area contributed by atoms with E-state index in [4.69, 9.17) is 10.4 Å². The van der Waals surface area contributed by atoms with Crippen molar-refractivity contribution < 1.29 is 19.5 Å². The molecule has 104 valence electrons. The number of carboxylic acids is 1. The molecule has 3 amide bonds. The van der Waals surface area contributed by atoms with E-state index in [-0.39, 0.29) is 32.0 Å². The maximum atomic E-state index is 12.2. The van der Waals surface area contributed by atoms with Crippen LogP contribution < -0.4 is 5.32 Å². The lowest BCUT2D eigenvalue weighted by Gasteiger charge is -2.36. The summed E-state index contributed by atoms with van der Waals surface area (Å²) in [4.78, 5) is 37.0. The van der Waals surface area contributed by atoms with E-state index < -0.39 is 18.0 Å². The number of nitriles is 1. The fourth-order valence-electron chi connectivity index (χ4n) is 1.82. The molecule has 0 aromatic rings. The quantitative estimate of drug-likeness (QED) is 0.694. The van der Waals surface area contributed by atoms with E-state index in [1.165, 1.54) is 4.90 Å². The summed E-state index contributed by atoms with van der Waals surface area (Å²) in [6.45, 7) is 1.92. The highest BCUT2D eigenvalue weighted by molar-refractivity contribution is 5.90. The molecule has 0 aromatic heterocycles. The van der Waals surface area contributed by atoms with Gasteiger partial charge in [-0.25, -0.2) is 9.59 Å². The zero-order valence-corrected chi connectivity index (χ0v) is 10.6. The van der Waals surface area contributed by atoms with Crippen LogP contribution in [0.2, 0.25) is 0 Å². The Kier molecular flexibility index (Phi) is 5.11. The second-order valence-electron chi connectivity index (χ2n) is 4.06. The Morgan fingerprint density at radius 2 is 2.32 bits per heavy atom. The third-order valence-electron chi connectivity index (χ3n) is 2.86. The highest BCUT2D eigenvalue weighted by Crippen LogP contribution is 2.09. The van der Waals surface area contributed by atoms with Gasteiger partial charge in [-0.1, -0.05) is 0 Å². The van der Waals surface area contributed by atoms with Gasteiger partial charge in [-0.05, 0) is 6.92 Å². The third-order valence-corrected chi connectivity index (χ3v) is 2.86. The van der Waals surface area contributed by atoms with Crippen LogP contribution in [0.3, 0.4) is 0 Å². The molecular weight excluding hydrogens is 252 g/mol. The topological polar surface area (TPSA) is 114 Å². The first-order valence-corrected chi connectivity index (χ1v) is 5.93. The van der Waals surface area contributed by atoms with Crippen LogP contribution in [0.15, 0.2) is 0 Å². The Morgan fingerprint density at radius 1 is 1.63 bits per heavy atom. The molecule has 1 heterocycles. The molecule has 0 bridgehead atoms. The Bertz CT molecular complexity index is 417. The molecule has 0 aromatic carbocycles. The number of carboxylic acid groups (broad SMARTS) is 1. The summed E-state index contributed by atoms with van der Waals surface area (Å²) in [5, 5.41) is 20.0. The average Bonchev–Trinajstić information content (AvgIpc) is 2.38. The summed E-state index contributed by atoms with van der Waals surface area (Å²) in [5.41, 5.74) is 0. The van der Waals surface area contributed by atoms with E-state index in [2.05, 4.69) is 5.32 Å². The van der Waals surface area contributed by atoms with Crippen molar-refractivity contribution in [1.82, 2.24) is 15.1 Å².